The smallest absolute Gasteiger partial charge is 0.146 e. The SMILES string of the molecule is COc1c(C)ccc(N(C)C)c1N. The van der Waals surface area contributed by atoms with Gasteiger partial charge < -0.3 is 15.4 Å². The average molecular weight is 180 g/mol. The Kier molecular flexibility index (Phi) is 2.66. The molecular weight excluding hydrogens is 164 g/mol. The molecule has 0 spiro atoms. The maximum atomic E-state index is 5.93. The summed E-state index contributed by atoms with van der Waals surface area (Å²) in [4.78, 5) is 1.97. The molecule has 0 heterocycles. The molecule has 3 heteroatoms. The predicted molar refractivity (Wildman–Crippen MR) is 56.5 cm³/mol. The second-order valence-electron chi connectivity index (χ2n) is 3.24. The van der Waals surface area contributed by atoms with E-state index >= 15 is 0 Å². The molecule has 1 aromatic rings. The number of anilines is 2. The summed E-state index contributed by atoms with van der Waals surface area (Å²) in [6.07, 6.45) is 0. The van der Waals surface area contributed by atoms with Gasteiger partial charge in [0.15, 0.2) is 0 Å². The molecular formula is C10H16N2O. The predicted octanol–water partition coefficient (Wildman–Crippen LogP) is 1.65. The van der Waals surface area contributed by atoms with Crippen molar-refractivity contribution < 1.29 is 4.74 Å². The lowest BCUT2D eigenvalue weighted by Crippen LogP contribution is -2.12. The van der Waals surface area contributed by atoms with E-state index in [0.29, 0.717) is 5.69 Å². The summed E-state index contributed by atoms with van der Waals surface area (Å²) >= 11 is 0. The molecule has 72 valence electrons. The van der Waals surface area contributed by atoms with Crippen molar-refractivity contribution in [2.24, 2.45) is 0 Å². The summed E-state index contributed by atoms with van der Waals surface area (Å²) in [5.74, 6) is 0.770. The van der Waals surface area contributed by atoms with Gasteiger partial charge in [0.05, 0.1) is 18.5 Å². The molecule has 0 aromatic heterocycles. The minimum atomic E-state index is 0.701. The minimum absolute atomic E-state index is 0.701. The number of nitrogens with two attached hydrogens (primary N) is 1. The third kappa shape index (κ3) is 1.69. The Morgan fingerprint density at radius 3 is 2.38 bits per heavy atom. The highest BCUT2D eigenvalue weighted by Gasteiger charge is 2.09. The zero-order valence-corrected chi connectivity index (χ0v) is 8.59. The summed E-state index contributed by atoms with van der Waals surface area (Å²) in [6, 6.07) is 4.00. The fourth-order valence-electron chi connectivity index (χ4n) is 1.36. The number of methoxy groups -OCH3 is 1. The Morgan fingerprint density at radius 2 is 1.92 bits per heavy atom. The van der Waals surface area contributed by atoms with Crippen molar-refractivity contribution >= 4 is 11.4 Å². The highest BCUT2D eigenvalue weighted by atomic mass is 16.5. The normalized spacial score (nSPS) is 9.85. The molecule has 0 atom stereocenters. The number of rotatable bonds is 2. The van der Waals surface area contributed by atoms with Crippen LogP contribution in [-0.4, -0.2) is 21.2 Å². The van der Waals surface area contributed by atoms with Crippen LogP contribution in [0.2, 0.25) is 0 Å². The molecule has 1 aromatic carbocycles. The first-order chi connectivity index (χ1) is 6.07. The molecule has 2 N–H and O–H groups in total. The molecule has 0 aliphatic rings. The summed E-state index contributed by atoms with van der Waals surface area (Å²) in [5.41, 5.74) is 8.68. The highest BCUT2D eigenvalue weighted by molar-refractivity contribution is 5.75. The molecule has 0 saturated carbocycles. The summed E-state index contributed by atoms with van der Waals surface area (Å²) < 4.78 is 5.21. The first-order valence-electron chi connectivity index (χ1n) is 4.18. The molecule has 0 fully saturated rings. The van der Waals surface area contributed by atoms with E-state index in [1.807, 2.05) is 38.1 Å². The van der Waals surface area contributed by atoms with Crippen LogP contribution in [0, 0.1) is 6.92 Å². The van der Waals surface area contributed by atoms with Gasteiger partial charge in [0, 0.05) is 14.1 Å². The number of aryl methyl sites for hydroxylation is 1. The van der Waals surface area contributed by atoms with Gasteiger partial charge in [-0.2, -0.15) is 0 Å². The van der Waals surface area contributed by atoms with Crippen LogP contribution in [0.3, 0.4) is 0 Å². The van der Waals surface area contributed by atoms with Crippen molar-refractivity contribution in [2.45, 2.75) is 6.92 Å². The van der Waals surface area contributed by atoms with Gasteiger partial charge in [0.2, 0.25) is 0 Å². The minimum Gasteiger partial charge on any atom is -0.494 e. The molecule has 0 radical (unpaired) electrons. The second-order valence-corrected chi connectivity index (χ2v) is 3.24. The Bertz CT molecular complexity index is 308. The van der Waals surface area contributed by atoms with E-state index in [2.05, 4.69) is 0 Å². The Hall–Kier alpha value is -1.38. The van der Waals surface area contributed by atoms with Crippen molar-refractivity contribution in [2.75, 3.05) is 31.8 Å². The van der Waals surface area contributed by atoms with Gasteiger partial charge in [-0.3, -0.25) is 0 Å². The van der Waals surface area contributed by atoms with Gasteiger partial charge in [-0.25, -0.2) is 0 Å². The lowest BCUT2D eigenvalue weighted by Gasteiger charge is -2.18. The number of ether oxygens (including phenoxy) is 1. The maximum absolute atomic E-state index is 5.93. The van der Waals surface area contributed by atoms with Gasteiger partial charge in [-0.05, 0) is 18.6 Å². The fraction of sp³-hybridized carbons (Fsp3) is 0.400. The highest BCUT2D eigenvalue weighted by Crippen LogP contribution is 2.33. The monoisotopic (exact) mass is 180 g/mol. The van der Waals surface area contributed by atoms with Gasteiger partial charge in [0.1, 0.15) is 5.75 Å². The van der Waals surface area contributed by atoms with Crippen molar-refractivity contribution in [3.8, 4) is 5.75 Å². The fourth-order valence-corrected chi connectivity index (χ4v) is 1.36. The van der Waals surface area contributed by atoms with Gasteiger partial charge in [0.25, 0.3) is 0 Å². The van der Waals surface area contributed by atoms with Crippen molar-refractivity contribution in [1.29, 1.82) is 0 Å². The number of benzene rings is 1. The maximum Gasteiger partial charge on any atom is 0.146 e. The van der Waals surface area contributed by atoms with Crippen molar-refractivity contribution in [3.63, 3.8) is 0 Å². The number of nitrogens with zero attached hydrogens (tertiary/aromatic N) is 1. The van der Waals surface area contributed by atoms with Crippen LogP contribution in [0.4, 0.5) is 11.4 Å². The van der Waals surface area contributed by atoms with E-state index < -0.39 is 0 Å². The van der Waals surface area contributed by atoms with Gasteiger partial charge >= 0.3 is 0 Å². The molecule has 13 heavy (non-hydrogen) atoms. The van der Waals surface area contributed by atoms with Gasteiger partial charge in [-0.15, -0.1) is 0 Å². The van der Waals surface area contributed by atoms with E-state index in [9.17, 15) is 0 Å². The summed E-state index contributed by atoms with van der Waals surface area (Å²) in [6.45, 7) is 1.98. The average Bonchev–Trinajstić information content (AvgIpc) is 2.04. The number of hydrogen-bond acceptors (Lipinski definition) is 3. The first-order valence-corrected chi connectivity index (χ1v) is 4.18. The molecule has 0 bridgehead atoms. The van der Waals surface area contributed by atoms with Gasteiger partial charge in [-0.1, -0.05) is 6.07 Å². The van der Waals surface area contributed by atoms with E-state index in [-0.39, 0.29) is 0 Å². The third-order valence-electron chi connectivity index (χ3n) is 2.06. The van der Waals surface area contributed by atoms with E-state index in [1.165, 1.54) is 0 Å². The van der Waals surface area contributed by atoms with Crippen molar-refractivity contribution in [1.82, 2.24) is 0 Å². The van der Waals surface area contributed by atoms with Crippen LogP contribution in [-0.2, 0) is 0 Å². The van der Waals surface area contributed by atoms with Crippen LogP contribution in [0.5, 0.6) is 5.75 Å². The topological polar surface area (TPSA) is 38.5 Å². The van der Waals surface area contributed by atoms with Crippen LogP contribution >= 0.6 is 0 Å². The molecule has 0 saturated heterocycles. The lowest BCUT2D eigenvalue weighted by molar-refractivity contribution is 0.414. The van der Waals surface area contributed by atoms with E-state index in [4.69, 9.17) is 10.5 Å². The quantitative estimate of drug-likeness (QED) is 0.703. The zero-order chi connectivity index (χ0) is 10.0. The number of hydrogen-bond donors (Lipinski definition) is 1. The Balaban J connectivity index is 3.27. The lowest BCUT2D eigenvalue weighted by atomic mass is 10.1. The number of nitrogen functional groups attached to an aromatic ring is 1. The standard InChI is InChI=1S/C10H16N2O/c1-7-5-6-8(12(2)3)9(11)10(7)13-4/h5-6H,11H2,1-4H3. The second kappa shape index (κ2) is 3.56. The molecule has 0 aliphatic heterocycles. The molecule has 1 rings (SSSR count). The van der Waals surface area contributed by atoms with Crippen molar-refractivity contribution in [3.05, 3.63) is 17.7 Å². The van der Waals surface area contributed by atoms with E-state index in [0.717, 1.165) is 17.0 Å². The summed E-state index contributed by atoms with van der Waals surface area (Å²) in [7, 11) is 5.55. The molecule has 0 unspecified atom stereocenters. The van der Waals surface area contributed by atoms with E-state index in [1.54, 1.807) is 7.11 Å². The van der Waals surface area contributed by atoms with Crippen LogP contribution < -0.4 is 15.4 Å². The van der Waals surface area contributed by atoms with Crippen LogP contribution in [0.1, 0.15) is 5.56 Å². The first kappa shape index (κ1) is 9.71. The third-order valence-corrected chi connectivity index (χ3v) is 2.06. The molecule has 0 aliphatic carbocycles. The molecule has 3 nitrogen and oxygen atoms in total. The summed E-state index contributed by atoms with van der Waals surface area (Å²) in [5, 5.41) is 0. The zero-order valence-electron chi connectivity index (χ0n) is 8.59. The Morgan fingerprint density at radius 1 is 1.31 bits per heavy atom. The van der Waals surface area contributed by atoms with Crippen LogP contribution in [0.25, 0.3) is 0 Å². The largest absolute Gasteiger partial charge is 0.494 e. The van der Waals surface area contributed by atoms with Crippen LogP contribution in [0.15, 0.2) is 12.1 Å². The molecule has 0 amide bonds. The Labute approximate surface area is 79.1 Å².